The molecule has 0 radical (unpaired) electrons. The van der Waals surface area contributed by atoms with Gasteiger partial charge >= 0.3 is 0 Å². The fourth-order valence-corrected chi connectivity index (χ4v) is 6.70. The number of hydrogen-bond acceptors (Lipinski definition) is 5. The zero-order valence-corrected chi connectivity index (χ0v) is 22.1. The van der Waals surface area contributed by atoms with E-state index in [4.69, 9.17) is 0 Å². The molecular formula is C30H44FN5. The first-order valence-electron chi connectivity index (χ1n) is 14.1. The number of nitrogens with zero attached hydrogens (tertiary/aromatic N) is 1. The molecule has 3 unspecified atom stereocenters. The molecule has 1 fully saturated rings. The molecule has 2 aromatic carbocycles. The summed E-state index contributed by atoms with van der Waals surface area (Å²) >= 11 is 0. The van der Waals surface area contributed by atoms with E-state index >= 15 is 4.39 Å². The molecule has 3 atom stereocenters. The average molecular weight is 494 g/mol. The third kappa shape index (κ3) is 5.68. The van der Waals surface area contributed by atoms with Crippen LogP contribution in [-0.2, 0) is 12.8 Å². The standard InChI is InChI=1S/C30H44FN5/c1-36(2)18-14-21-9-10-24-26(30(21)29-13-17-35-34-16-6-5-15-32-20-33-29)12-11-23-22-7-3-4-8-25(22)28(31)19-27(23)24/h4,8,11-12,19,21,29-30,32-35H,3,5-7,9-10,13-18,20H2,1-2H3. The van der Waals surface area contributed by atoms with Crippen molar-refractivity contribution in [1.82, 2.24) is 26.4 Å². The molecular weight excluding hydrogens is 449 g/mol. The summed E-state index contributed by atoms with van der Waals surface area (Å²) in [5.74, 6) is 0.974. The third-order valence-electron chi connectivity index (χ3n) is 8.53. The van der Waals surface area contributed by atoms with Crippen molar-refractivity contribution in [2.45, 2.75) is 63.3 Å². The van der Waals surface area contributed by atoms with Gasteiger partial charge in [-0.05, 0) is 118 Å². The second-order valence-electron chi connectivity index (χ2n) is 11.2. The summed E-state index contributed by atoms with van der Waals surface area (Å²) in [5.41, 5.74) is 11.7. The number of fused-ring (bicyclic) bond motifs is 5. The second kappa shape index (κ2) is 12.1. The molecule has 5 rings (SSSR count). The third-order valence-corrected chi connectivity index (χ3v) is 8.53. The van der Waals surface area contributed by atoms with Gasteiger partial charge in [0, 0.05) is 37.3 Å². The van der Waals surface area contributed by atoms with Crippen LogP contribution in [0.3, 0.4) is 0 Å². The van der Waals surface area contributed by atoms with Gasteiger partial charge in [-0.15, -0.1) is 0 Å². The van der Waals surface area contributed by atoms with Crippen LogP contribution in [0.25, 0.3) is 16.8 Å². The number of rotatable bonds is 4. The molecule has 3 aliphatic rings. The van der Waals surface area contributed by atoms with E-state index in [1.807, 2.05) is 12.1 Å². The van der Waals surface area contributed by atoms with Gasteiger partial charge in [0.25, 0.3) is 0 Å². The molecule has 1 heterocycles. The molecule has 0 spiro atoms. The van der Waals surface area contributed by atoms with Crippen LogP contribution in [0.4, 0.5) is 4.39 Å². The molecule has 2 aliphatic carbocycles. The molecule has 1 aliphatic heterocycles. The van der Waals surface area contributed by atoms with Crippen LogP contribution >= 0.6 is 0 Å². The Labute approximate surface area is 216 Å². The predicted molar refractivity (Wildman–Crippen MR) is 149 cm³/mol. The minimum atomic E-state index is -0.0586. The number of halogens is 1. The van der Waals surface area contributed by atoms with Crippen LogP contribution in [0.5, 0.6) is 0 Å². The zero-order valence-electron chi connectivity index (χ0n) is 22.1. The Morgan fingerprint density at radius 2 is 1.83 bits per heavy atom. The number of benzene rings is 2. The van der Waals surface area contributed by atoms with Gasteiger partial charge in [0.1, 0.15) is 5.82 Å². The molecule has 4 N–H and O–H groups in total. The van der Waals surface area contributed by atoms with Crippen LogP contribution in [0.15, 0.2) is 24.3 Å². The minimum absolute atomic E-state index is 0.0586. The summed E-state index contributed by atoms with van der Waals surface area (Å²) in [6.07, 6.45) is 12.8. The van der Waals surface area contributed by atoms with Crippen LogP contribution in [-0.4, -0.2) is 57.9 Å². The first kappa shape index (κ1) is 25.8. The van der Waals surface area contributed by atoms with E-state index in [9.17, 15) is 0 Å². The highest BCUT2D eigenvalue weighted by Crippen LogP contribution is 2.45. The van der Waals surface area contributed by atoms with E-state index in [1.165, 1.54) is 47.8 Å². The SMILES string of the molecule is CN(C)CCC1CCc2c(ccc3c4c(c(F)cc23)C=CCC4)C1C1CCNNCCCCNCN1. The Hall–Kier alpha value is -1.83. The van der Waals surface area contributed by atoms with Gasteiger partial charge in [-0.25, -0.2) is 4.39 Å². The van der Waals surface area contributed by atoms with Crippen molar-refractivity contribution in [3.63, 3.8) is 0 Å². The van der Waals surface area contributed by atoms with E-state index < -0.39 is 0 Å². The van der Waals surface area contributed by atoms with Gasteiger partial charge in [-0.1, -0.05) is 24.3 Å². The van der Waals surface area contributed by atoms with E-state index in [1.54, 1.807) is 0 Å². The van der Waals surface area contributed by atoms with Crippen molar-refractivity contribution in [2.24, 2.45) is 5.92 Å². The van der Waals surface area contributed by atoms with E-state index in [0.717, 1.165) is 69.5 Å². The first-order valence-corrected chi connectivity index (χ1v) is 14.1. The number of hydrogen-bond donors (Lipinski definition) is 4. The topological polar surface area (TPSA) is 51.4 Å². The molecule has 0 saturated carbocycles. The normalized spacial score (nSPS) is 25.7. The van der Waals surface area contributed by atoms with Crippen molar-refractivity contribution >= 4 is 16.8 Å². The lowest BCUT2D eigenvalue weighted by atomic mass is 9.68. The molecule has 2 aromatic rings. The predicted octanol–water partition coefficient (Wildman–Crippen LogP) is 4.32. The summed E-state index contributed by atoms with van der Waals surface area (Å²) < 4.78 is 15.3. The van der Waals surface area contributed by atoms with Crippen molar-refractivity contribution in [1.29, 1.82) is 0 Å². The monoisotopic (exact) mass is 493 g/mol. The summed E-state index contributed by atoms with van der Waals surface area (Å²) in [6.45, 7) is 4.92. The number of aryl methyl sites for hydroxylation is 2. The maximum Gasteiger partial charge on any atom is 0.131 e. The van der Waals surface area contributed by atoms with E-state index in [0.29, 0.717) is 17.9 Å². The summed E-state index contributed by atoms with van der Waals surface area (Å²) in [7, 11) is 4.35. The maximum atomic E-state index is 15.3. The van der Waals surface area contributed by atoms with Gasteiger partial charge in [0.15, 0.2) is 0 Å². The van der Waals surface area contributed by atoms with Crippen LogP contribution in [0.1, 0.15) is 66.7 Å². The van der Waals surface area contributed by atoms with Crippen LogP contribution in [0, 0.1) is 11.7 Å². The minimum Gasteiger partial charge on any atom is -0.309 e. The smallest absolute Gasteiger partial charge is 0.131 e. The Balaban J connectivity index is 1.53. The molecule has 5 nitrogen and oxygen atoms in total. The number of allylic oxidation sites excluding steroid dienone is 1. The van der Waals surface area contributed by atoms with Crippen molar-refractivity contribution in [3.8, 4) is 0 Å². The first-order chi connectivity index (χ1) is 17.6. The molecule has 0 amide bonds. The quantitative estimate of drug-likeness (QED) is 0.511. The molecule has 36 heavy (non-hydrogen) atoms. The van der Waals surface area contributed by atoms with Crippen LogP contribution in [0.2, 0.25) is 0 Å². The van der Waals surface area contributed by atoms with Gasteiger partial charge < -0.3 is 15.5 Å². The summed E-state index contributed by atoms with van der Waals surface area (Å²) in [4.78, 5) is 2.31. The summed E-state index contributed by atoms with van der Waals surface area (Å²) in [6, 6.07) is 6.90. The molecule has 0 bridgehead atoms. The van der Waals surface area contributed by atoms with E-state index in [2.05, 4.69) is 58.7 Å². The Bertz CT molecular complexity index is 1050. The van der Waals surface area contributed by atoms with Gasteiger partial charge in [0.05, 0.1) is 0 Å². The van der Waals surface area contributed by atoms with Crippen molar-refractivity contribution in [3.05, 3.63) is 52.3 Å². The molecule has 6 heteroatoms. The second-order valence-corrected chi connectivity index (χ2v) is 11.2. The Kier molecular flexibility index (Phi) is 8.70. The van der Waals surface area contributed by atoms with Gasteiger partial charge in [-0.3, -0.25) is 10.9 Å². The lowest BCUT2D eigenvalue weighted by molar-refractivity contribution is 0.240. The fourth-order valence-electron chi connectivity index (χ4n) is 6.70. The highest BCUT2D eigenvalue weighted by atomic mass is 19.1. The van der Waals surface area contributed by atoms with Crippen molar-refractivity contribution in [2.75, 3.05) is 46.9 Å². The lowest BCUT2D eigenvalue weighted by Gasteiger charge is -2.41. The average Bonchev–Trinajstić information content (AvgIpc) is 2.88. The maximum absolute atomic E-state index is 15.3. The van der Waals surface area contributed by atoms with Crippen molar-refractivity contribution < 1.29 is 4.39 Å². The Morgan fingerprint density at radius 3 is 2.72 bits per heavy atom. The van der Waals surface area contributed by atoms with E-state index in [-0.39, 0.29) is 5.82 Å². The fraction of sp³-hybridized carbons (Fsp3) is 0.600. The van der Waals surface area contributed by atoms with Gasteiger partial charge in [0.2, 0.25) is 0 Å². The van der Waals surface area contributed by atoms with Gasteiger partial charge in [-0.2, -0.15) is 0 Å². The Morgan fingerprint density at radius 1 is 0.972 bits per heavy atom. The zero-order chi connectivity index (χ0) is 24.9. The summed E-state index contributed by atoms with van der Waals surface area (Å²) in [5, 5.41) is 9.93. The molecule has 196 valence electrons. The lowest BCUT2D eigenvalue weighted by Crippen LogP contribution is -2.47. The number of nitrogens with one attached hydrogen (secondary N) is 4. The number of hydrazine groups is 1. The highest BCUT2D eigenvalue weighted by molar-refractivity contribution is 5.93. The molecule has 1 saturated heterocycles. The van der Waals surface area contributed by atoms with Crippen LogP contribution < -0.4 is 21.5 Å². The molecule has 0 aromatic heterocycles. The largest absolute Gasteiger partial charge is 0.309 e. The highest BCUT2D eigenvalue weighted by Gasteiger charge is 2.36.